The second kappa shape index (κ2) is 12.6. The standard InChI is InChI=1S/C22H31N5O2.HI/c1-4-23-22(25-13-18-6-5-7-20(12-18)28-3)26-15-19-8-9-21(24-14-19)27-10-11-29-17(2)16-27;/h5-9,12,14,17H,4,10-11,13,15-16H2,1-3H3,(H2,23,25,26);1H. The Balaban J connectivity index is 0.00000320. The van der Waals surface area contributed by atoms with Gasteiger partial charge in [-0.1, -0.05) is 18.2 Å². The van der Waals surface area contributed by atoms with Gasteiger partial charge < -0.3 is 25.0 Å². The number of pyridine rings is 1. The lowest BCUT2D eigenvalue weighted by molar-refractivity contribution is 0.0529. The lowest BCUT2D eigenvalue weighted by Crippen LogP contribution is -2.41. The van der Waals surface area contributed by atoms with Crippen LogP contribution >= 0.6 is 24.0 Å². The quantitative estimate of drug-likeness (QED) is 0.329. The van der Waals surface area contributed by atoms with Crippen molar-refractivity contribution in [2.45, 2.75) is 33.0 Å². The van der Waals surface area contributed by atoms with Crippen molar-refractivity contribution in [3.8, 4) is 5.75 Å². The van der Waals surface area contributed by atoms with Gasteiger partial charge in [-0.15, -0.1) is 24.0 Å². The van der Waals surface area contributed by atoms with Crippen molar-refractivity contribution in [2.75, 3.05) is 38.3 Å². The monoisotopic (exact) mass is 525 g/mol. The van der Waals surface area contributed by atoms with Gasteiger partial charge in [0.15, 0.2) is 5.96 Å². The fraction of sp³-hybridized carbons (Fsp3) is 0.455. The molecule has 8 heteroatoms. The number of morpholine rings is 1. The van der Waals surface area contributed by atoms with Crippen molar-refractivity contribution in [1.82, 2.24) is 15.6 Å². The minimum Gasteiger partial charge on any atom is -0.497 e. The summed E-state index contributed by atoms with van der Waals surface area (Å²) in [5, 5.41) is 6.65. The van der Waals surface area contributed by atoms with E-state index in [1.54, 1.807) is 7.11 Å². The van der Waals surface area contributed by atoms with Gasteiger partial charge in [-0.3, -0.25) is 0 Å². The van der Waals surface area contributed by atoms with E-state index in [0.717, 1.165) is 54.9 Å². The van der Waals surface area contributed by atoms with Crippen LogP contribution in [-0.2, 0) is 17.8 Å². The fourth-order valence-electron chi connectivity index (χ4n) is 3.20. The average molecular weight is 525 g/mol. The first-order valence-corrected chi connectivity index (χ1v) is 10.1. The predicted molar refractivity (Wildman–Crippen MR) is 132 cm³/mol. The first-order valence-electron chi connectivity index (χ1n) is 10.1. The van der Waals surface area contributed by atoms with Crippen molar-refractivity contribution in [2.24, 2.45) is 4.99 Å². The number of rotatable bonds is 7. The number of hydrogen-bond acceptors (Lipinski definition) is 5. The van der Waals surface area contributed by atoms with E-state index in [-0.39, 0.29) is 30.1 Å². The van der Waals surface area contributed by atoms with Gasteiger partial charge in [0.05, 0.1) is 26.4 Å². The van der Waals surface area contributed by atoms with Crippen molar-refractivity contribution < 1.29 is 9.47 Å². The van der Waals surface area contributed by atoms with E-state index in [4.69, 9.17) is 9.47 Å². The van der Waals surface area contributed by atoms with Crippen molar-refractivity contribution in [3.05, 3.63) is 53.7 Å². The average Bonchev–Trinajstić information content (AvgIpc) is 2.76. The molecule has 2 aromatic rings. The lowest BCUT2D eigenvalue weighted by atomic mass is 10.2. The summed E-state index contributed by atoms with van der Waals surface area (Å²) in [4.78, 5) is 11.6. The van der Waals surface area contributed by atoms with Crippen LogP contribution in [0, 0.1) is 0 Å². The molecule has 7 nitrogen and oxygen atoms in total. The Morgan fingerprint density at radius 3 is 2.83 bits per heavy atom. The van der Waals surface area contributed by atoms with Gasteiger partial charge in [-0.05, 0) is 43.2 Å². The van der Waals surface area contributed by atoms with Crippen LogP contribution in [0.2, 0.25) is 0 Å². The van der Waals surface area contributed by atoms with Gasteiger partial charge in [0.25, 0.3) is 0 Å². The van der Waals surface area contributed by atoms with Gasteiger partial charge in [-0.25, -0.2) is 9.98 Å². The number of ether oxygens (including phenoxy) is 2. The van der Waals surface area contributed by atoms with Crippen LogP contribution < -0.4 is 20.3 Å². The van der Waals surface area contributed by atoms with Crippen LogP contribution in [0.5, 0.6) is 5.75 Å². The number of halogens is 1. The molecule has 0 aliphatic carbocycles. The molecule has 3 rings (SSSR count). The van der Waals surface area contributed by atoms with E-state index >= 15 is 0 Å². The second-order valence-corrected chi connectivity index (χ2v) is 7.05. The molecule has 1 aliphatic heterocycles. The maximum absolute atomic E-state index is 5.60. The predicted octanol–water partition coefficient (Wildman–Crippen LogP) is 3.19. The number of aliphatic imine (C=N–C) groups is 1. The summed E-state index contributed by atoms with van der Waals surface area (Å²) in [5.74, 6) is 2.63. The molecular formula is C22H32IN5O2. The molecule has 1 aromatic carbocycles. The van der Waals surface area contributed by atoms with E-state index in [2.05, 4.69) is 57.6 Å². The first kappa shape index (κ1) is 24.2. The molecule has 30 heavy (non-hydrogen) atoms. The maximum Gasteiger partial charge on any atom is 0.191 e. The molecule has 0 spiro atoms. The minimum absolute atomic E-state index is 0. The number of nitrogens with zero attached hydrogens (tertiary/aromatic N) is 3. The third kappa shape index (κ3) is 7.32. The van der Waals surface area contributed by atoms with Crippen LogP contribution in [0.15, 0.2) is 47.6 Å². The molecule has 1 aromatic heterocycles. The SMILES string of the molecule is CCNC(=NCc1ccc(N2CCOC(C)C2)nc1)NCc1cccc(OC)c1.I. The highest BCUT2D eigenvalue weighted by atomic mass is 127. The summed E-state index contributed by atoms with van der Waals surface area (Å²) in [6.45, 7) is 8.71. The van der Waals surface area contributed by atoms with Crippen LogP contribution in [0.1, 0.15) is 25.0 Å². The summed E-state index contributed by atoms with van der Waals surface area (Å²) < 4.78 is 10.9. The van der Waals surface area contributed by atoms with Gasteiger partial charge in [0.2, 0.25) is 0 Å². The number of guanidine groups is 1. The zero-order chi connectivity index (χ0) is 20.5. The largest absolute Gasteiger partial charge is 0.497 e. The minimum atomic E-state index is 0. The van der Waals surface area contributed by atoms with E-state index in [1.807, 2.05) is 24.4 Å². The summed E-state index contributed by atoms with van der Waals surface area (Å²) in [5.41, 5.74) is 2.22. The summed E-state index contributed by atoms with van der Waals surface area (Å²) in [6.07, 6.45) is 2.15. The van der Waals surface area contributed by atoms with Crippen LogP contribution in [0.4, 0.5) is 5.82 Å². The third-order valence-electron chi connectivity index (χ3n) is 4.73. The summed E-state index contributed by atoms with van der Waals surface area (Å²) in [6, 6.07) is 12.2. The molecular weight excluding hydrogens is 493 g/mol. The van der Waals surface area contributed by atoms with Gasteiger partial charge in [0.1, 0.15) is 11.6 Å². The Hall–Kier alpha value is -2.07. The number of hydrogen-bond donors (Lipinski definition) is 2. The van der Waals surface area contributed by atoms with Crippen LogP contribution in [0.3, 0.4) is 0 Å². The molecule has 1 unspecified atom stereocenters. The molecule has 0 bridgehead atoms. The number of benzene rings is 1. The Morgan fingerprint density at radius 2 is 2.13 bits per heavy atom. The van der Waals surface area contributed by atoms with Crippen molar-refractivity contribution in [3.63, 3.8) is 0 Å². The smallest absolute Gasteiger partial charge is 0.191 e. The Labute approximate surface area is 196 Å². The summed E-state index contributed by atoms with van der Waals surface area (Å²) >= 11 is 0. The van der Waals surface area contributed by atoms with Crippen LogP contribution in [0.25, 0.3) is 0 Å². The molecule has 0 amide bonds. The van der Waals surface area contributed by atoms with Gasteiger partial charge >= 0.3 is 0 Å². The van der Waals surface area contributed by atoms with Crippen molar-refractivity contribution >= 4 is 35.8 Å². The highest BCUT2D eigenvalue weighted by molar-refractivity contribution is 14.0. The van der Waals surface area contributed by atoms with E-state index in [9.17, 15) is 0 Å². The molecule has 1 saturated heterocycles. The zero-order valence-electron chi connectivity index (χ0n) is 17.9. The maximum atomic E-state index is 5.60. The molecule has 164 valence electrons. The van der Waals surface area contributed by atoms with Gasteiger partial charge in [0, 0.05) is 32.4 Å². The molecule has 0 saturated carbocycles. The Kier molecular flexibility index (Phi) is 10.2. The van der Waals surface area contributed by atoms with E-state index in [1.165, 1.54) is 0 Å². The molecule has 2 N–H and O–H groups in total. The molecule has 2 heterocycles. The third-order valence-corrected chi connectivity index (χ3v) is 4.73. The first-order chi connectivity index (χ1) is 14.2. The summed E-state index contributed by atoms with van der Waals surface area (Å²) in [7, 11) is 1.68. The van der Waals surface area contributed by atoms with E-state index in [0.29, 0.717) is 13.1 Å². The Morgan fingerprint density at radius 1 is 1.27 bits per heavy atom. The number of nitrogens with one attached hydrogen (secondary N) is 2. The molecule has 1 aliphatic rings. The van der Waals surface area contributed by atoms with Crippen LogP contribution in [-0.4, -0.2) is 50.4 Å². The van der Waals surface area contributed by atoms with E-state index < -0.39 is 0 Å². The number of anilines is 1. The van der Waals surface area contributed by atoms with Gasteiger partial charge in [-0.2, -0.15) is 0 Å². The van der Waals surface area contributed by atoms with Crippen molar-refractivity contribution in [1.29, 1.82) is 0 Å². The highest BCUT2D eigenvalue weighted by Gasteiger charge is 2.17. The number of aromatic nitrogens is 1. The lowest BCUT2D eigenvalue weighted by Gasteiger charge is -2.32. The zero-order valence-corrected chi connectivity index (χ0v) is 20.3. The molecule has 1 atom stereocenters. The highest BCUT2D eigenvalue weighted by Crippen LogP contribution is 2.16. The molecule has 0 radical (unpaired) electrons. The topological polar surface area (TPSA) is 71.0 Å². The fourth-order valence-corrected chi connectivity index (χ4v) is 3.20. The number of methoxy groups -OCH3 is 1. The second-order valence-electron chi connectivity index (χ2n) is 7.05. The normalized spacial score (nSPS) is 16.6. The Bertz CT molecular complexity index is 800. The molecule has 1 fully saturated rings.